The number of hydrogen-bond donors (Lipinski definition) is 2. The monoisotopic (exact) mass is 432 g/mol. The molecule has 0 aromatic carbocycles. The first kappa shape index (κ1) is 21.4. The Hall–Kier alpha value is -2.26. The highest BCUT2D eigenvalue weighted by Crippen LogP contribution is 2.30. The average Bonchev–Trinajstić information content (AvgIpc) is 3.31. The zero-order valence-electron chi connectivity index (χ0n) is 17.9. The topological polar surface area (TPSA) is 80.5 Å². The van der Waals surface area contributed by atoms with Gasteiger partial charge in [-0.1, -0.05) is 26.8 Å². The van der Waals surface area contributed by atoms with Gasteiger partial charge in [-0.2, -0.15) is 10.2 Å². The number of rotatable bonds is 4. The lowest BCUT2D eigenvalue weighted by Gasteiger charge is -2.23. The number of aromatic amines is 1. The summed E-state index contributed by atoms with van der Waals surface area (Å²) in [5.41, 5.74) is 0.527. The summed E-state index contributed by atoms with van der Waals surface area (Å²) in [6, 6.07) is 5.31. The van der Waals surface area contributed by atoms with Gasteiger partial charge in [0.1, 0.15) is 11.9 Å². The molecule has 1 amide bonds. The zero-order chi connectivity index (χ0) is 21.6. The zero-order valence-corrected chi connectivity index (χ0v) is 19.5. The van der Waals surface area contributed by atoms with Crippen LogP contribution >= 0.6 is 23.6 Å². The van der Waals surface area contributed by atoms with Crippen molar-refractivity contribution in [1.29, 1.82) is 0 Å². The SMILES string of the molecule is CC(C(=O)Nc1cc(C(C)(C)C)nn1C(C)(C)C)n1c(-c2cccs2)n[nH]c1=S. The molecule has 3 heterocycles. The second-order valence-electron chi connectivity index (χ2n) is 9.11. The van der Waals surface area contributed by atoms with Crippen molar-refractivity contribution in [2.24, 2.45) is 0 Å². The first-order valence-corrected chi connectivity index (χ1v) is 10.8. The van der Waals surface area contributed by atoms with Crippen LogP contribution in [0.5, 0.6) is 0 Å². The molecule has 29 heavy (non-hydrogen) atoms. The molecule has 0 saturated carbocycles. The summed E-state index contributed by atoms with van der Waals surface area (Å²) in [7, 11) is 0. The van der Waals surface area contributed by atoms with Crippen molar-refractivity contribution in [3.05, 3.63) is 34.0 Å². The van der Waals surface area contributed by atoms with Crippen molar-refractivity contribution in [3.63, 3.8) is 0 Å². The Bertz CT molecular complexity index is 1060. The number of anilines is 1. The van der Waals surface area contributed by atoms with Gasteiger partial charge in [0.05, 0.1) is 16.1 Å². The quantitative estimate of drug-likeness (QED) is 0.561. The third kappa shape index (κ3) is 4.35. The van der Waals surface area contributed by atoms with Crippen molar-refractivity contribution in [2.45, 2.75) is 65.5 Å². The maximum atomic E-state index is 13.2. The third-order valence-electron chi connectivity index (χ3n) is 4.58. The van der Waals surface area contributed by atoms with Gasteiger partial charge in [-0.05, 0) is 51.4 Å². The fraction of sp³-hybridized carbons (Fsp3) is 0.500. The summed E-state index contributed by atoms with van der Waals surface area (Å²) in [4.78, 5) is 14.1. The molecule has 0 fully saturated rings. The second kappa shape index (κ2) is 7.53. The van der Waals surface area contributed by atoms with E-state index in [0.29, 0.717) is 16.4 Å². The van der Waals surface area contributed by atoms with Crippen molar-refractivity contribution in [2.75, 3.05) is 5.32 Å². The highest BCUT2D eigenvalue weighted by molar-refractivity contribution is 7.71. The van der Waals surface area contributed by atoms with Crippen molar-refractivity contribution in [1.82, 2.24) is 24.5 Å². The minimum atomic E-state index is -0.542. The number of nitrogens with one attached hydrogen (secondary N) is 2. The average molecular weight is 433 g/mol. The maximum absolute atomic E-state index is 13.2. The minimum Gasteiger partial charge on any atom is -0.309 e. The lowest BCUT2D eigenvalue weighted by atomic mass is 9.92. The molecule has 0 bridgehead atoms. The molecule has 1 atom stereocenters. The first-order valence-electron chi connectivity index (χ1n) is 9.52. The molecule has 2 N–H and O–H groups in total. The Morgan fingerprint density at radius 3 is 2.52 bits per heavy atom. The summed E-state index contributed by atoms with van der Waals surface area (Å²) >= 11 is 6.95. The number of amides is 1. The Morgan fingerprint density at radius 2 is 1.97 bits per heavy atom. The second-order valence-corrected chi connectivity index (χ2v) is 10.4. The number of carbonyl (C=O) groups is 1. The van der Waals surface area contributed by atoms with Crippen LogP contribution in [-0.2, 0) is 15.7 Å². The third-order valence-corrected chi connectivity index (χ3v) is 5.73. The van der Waals surface area contributed by atoms with Crippen molar-refractivity contribution < 1.29 is 4.79 Å². The predicted molar refractivity (Wildman–Crippen MR) is 120 cm³/mol. The normalized spacial score (nSPS) is 13.5. The lowest BCUT2D eigenvalue weighted by Crippen LogP contribution is -2.30. The number of hydrogen-bond acceptors (Lipinski definition) is 5. The highest BCUT2D eigenvalue weighted by atomic mass is 32.1. The van der Waals surface area contributed by atoms with E-state index in [1.807, 2.05) is 35.2 Å². The molecule has 7 nitrogen and oxygen atoms in total. The number of H-pyrrole nitrogens is 1. The Labute approximate surface area is 180 Å². The van der Waals surface area contributed by atoms with Gasteiger partial charge in [0.25, 0.3) is 0 Å². The van der Waals surface area contributed by atoms with E-state index in [0.717, 1.165) is 10.6 Å². The number of thiophene rings is 1. The van der Waals surface area contributed by atoms with Crippen molar-refractivity contribution >= 4 is 35.3 Å². The van der Waals surface area contributed by atoms with E-state index >= 15 is 0 Å². The summed E-state index contributed by atoms with van der Waals surface area (Å²) in [5, 5.41) is 16.9. The van der Waals surface area contributed by atoms with Gasteiger partial charge in [-0.15, -0.1) is 11.3 Å². The molecule has 156 valence electrons. The Balaban J connectivity index is 1.95. The van der Waals surface area contributed by atoms with Gasteiger partial charge >= 0.3 is 0 Å². The fourth-order valence-corrected chi connectivity index (χ4v) is 3.94. The van der Waals surface area contributed by atoms with Crippen LogP contribution in [0.4, 0.5) is 5.82 Å². The van der Waals surface area contributed by atoms with Crippen LogP contribution < -0.4 is 5.32 Å². The van der Waals surface area contributed by atoms with Gasteiger partial charge in [0.15, 0.2) is 10.6 Å². The fourth-order valence-electron chi connectivity index (χ4n) is 2.94. The molecule has 0 spiro atoms. The maximum Gasteiger partial charge on any atom is 0.248 e. The van der Waals surface area contributed by atoms with Crippen LogP contribution in [0, 0.1) is 4.77 Å². The number of nitrogens with zero attached hydrogens (tertiary/aromatic N) is 4. The molecule has 9 heteroatoms. The van der Waals surface area contributed by atoms with Gasteiger partial charge in [-0.25, -0.2) is 4.68 Å². The molecule has 3 aromatic heterocycles. The van der Waals surface area contributed by atoms with Gasteiger partial charge in [-0.3, -0.25) is 14.5 Å². The lowest BCUT2D eigenvalue weighted by molar-refractivity contribution is -0.118. The van der Waals surface area contributed by atoms with Gasteiger partial charge in [0.2, 0.25) is 5.91 Å². The van der Waals surface area contributed by atoms with Crippen LogP contribution in [0.2, 0.25) is 0 Å². The molecule has 0 radical (unpaired) electrons. The van der Waals surface area contributed by atoms with Crippen LogP contribution in [0.3, 0.4) is 0 Å². The van der Waals surface area contributed by atoms with E-state index in [-0.39, 0.29) is 16.9 Å². The minimum absolute atomic E-state index is 0.124. The summed E-state index contributed by atoms with van der Waals surface area (Å²) in [6.07, 6.45) is 0. The van der Waals surface area contributed by atoms with Crippen LogP contribution in [-0.4, -0.2) is 30.5 Å². The molecule has 3 rings (SSSR count). The number of aromatic nitrogens is 5. The molecular formula is C20H28N6OS2. The molecule has 0 aliphatic carbocycles. The number of carbonyl (C=O) groups excluding carboxylic acids is 1. The highest BCUT2D eigenvalue weighted by Gasteiger charge is 2.28. The van der Waals surface area contributed by atoms with Crippen LogP contribution in [0.1, 0.15) is 60.2 Å². The van der Waals surface area contributed by atoms with Crippen LogP contribution in [0.25, 0.3) is 10.7 Å². The molecule has 1 unspecified atom stereocenters. The summed E-state index contributed by atoms with van der Waals surface area (Å²) < 4.78 is 4.03. The molecule has 0 saturated heterocycles. The molecule has 0 aliphatic heterocycles. The van der Waals surface area contributed by atoms with Gasteiger partial charge in [0, 0.05) is 11.5 Å². The van der Waals surface area contributed by atoms with E-state index < -0.39 is 6.04 Å². The molecule has 0 aliphatic rings. The van der Waals surface area contributed by atoms with E-state index in [1.165, 1.54) is 0 Å². The van der Waals surface area contributed by atoms with E-state index in [2.05, 4.69) is 57.1 Å². The Morgan fingerprint density at radius 1 is 1.28 bits per heavy atom. The predicted octanol–water partition coefficient (Wildman–Crippen LogP) is 5.12. The summed E-state index contributed by atoms with van der Waals surface area (Å²) in [6.45, 7) is 14.3. The molecule has 3 aromatic rings. The van der Waals surface area contributed by atoms with E-state index in [9.17, 15) is 4.79 Å². The summed E-state index contributed by atoms with van der Waals surface area (Å²) in [5.74, 6) is 1.16. The van der Waals surface area contributed by atoms with Crippen LogP contribution in [0.15, 0.2) is 23.6 Å². The van der Waals surface area contributed by atoms with E-state index in [1.54, 1.807) is 15.9 Å². The van der Waals surface area contributed by atoms with E-state index in [4.69, 9.17) is 17.3 Å². The van der Waals surface area contributed by atoms with Crippen molar-refractivity contribution in [3.8, 4) is 10.7 Å². The smallest absolute Gasteiger partial charge is 0.248 e. The Kier molecular flexibility index (Phi) is 5.57. The molecular weight excluding hydrogens is 404 g/mol. The first-order chi connectivity index (χ1) is 13.4. The standard InChI is InChI=1S/C20H28N6OS2/c1-12(25-16(22-23-18(25)28)13-9-8-10-29-13)17(27)21-15-11-14(19(2,3)4)24-26(15)20(5,6)7/h8-12H,1-7H3,(H,21,27)(H,23,28). The van der Waals surface area contributed by atoms with Gasteiger partial charge < -0.3 is 5.32 Å². The largest absolute Gasteiger partial charge is 0.309 e.